The number of piperidine rings is 1. The van der Waals surface area contributed by atoms with Crippen molar-refractivity contribution >= 4 is 22.5 Å². The molecule has 3 aromatic rings. The van der Waals surface area contributed by atoms with Crippen LogP contribution in [0.15, 0.2) is 24.5 Å². The van der Waals surface area contributed by atoms with E-state index in [2.05, 4.69) is 37.7 Å². The van der Waals surface area contributed by atoms with Crippen LogP contribution in [-0.2, 0) is 0 Å². The number of nitrogens with zero attached hydrogens (tertiary/aromatic N) is 3. The lowest BCUT2D eigenvalue weighted by molar-refractivity contribution is 0.143. The van der Waals surface area contributed by atoms with Crippen LogP contribution in [0.5, 0.6) is 0 Å². The molecule has 31 heavy (non-hydrogen) atoms. The van der Waals surface area contributed by atoms with Gasteiger partial charge in [-0.15, -0.1) is 0 Å². The number of hydrogen-bond acceptors (Lipinski definition) is 3. The molecule has 0 amide bonds. The standard InChI is InChI=1S/C24H26ClFN4O/c1-24(2,31)8-5-15-11-18-20(19-13-27-28-23(19)25)14-30(22(18)12-21(15)26)17-6-9-29(10-7-17)16-3-4-16/h11-14,16-17,31H,3-4,6-7,9-10H2,1-2H3,(H,27,28). The Hall–Kier alpha value is -2.33. The molecule has 7 heteroatoms. The highest BCUT2D eigenvalue weighted by Crippen LogP contribution is 2.39. The Morgan fingerprint density at radius 2 is 1.90 bits per heavy atom. The van der Waals surface area contributed by atoms with Crippen molar-refractivity contribution in [2.45, 2.75) is 57.2 Å². The van der Waals surface area contributed by atoms with Crippen LogP contribution in [0.25, 0.3) is 22.0 Å². The van der Waals surface area contributed by atoms with Gasteiger partial charge in [0.1, 0.15) is 16.6 Å². The summed E-state index contributed by atoms with van der Waals surface area (Å²) in [6.07, 6.45) is 8.50. The summed E-state index contributed by atoms with van der Waals surface area (Å²) < 4.78 is 17.2. The van der Waals surface area contributed by atoms with E-state index in [1.807, 2.05) is 0 Å². The molecule has 3 heterocycles. The highest BCUT2D eigenvalue weighted by molar-refractivity contribution is 6.32. The Morgan fingerprint density at radius 3 is 2.52 bits per heavy atom. The second-order valence-electron chi connectivity index (χ2n) is 9.20. The molecule has 162 valence electrons. The average Bonchev–Trinajstić information content (AvgIpc) is 3.40. The SMILES string of the molecule is CC(C)(O)C#Cc1cc2c(-c3cn[nH]c3Cl)cn(C3CCN(C4CC4)CC3)c2cc1F. The van der Waals surface area contributed by atoms with Crippen molar-refractivity contribution in [1.82, 2.24) is 19.7 Å². The second-order valence-corrected chi connectivity index (χ2v) is 9.58. The zero-order valence-electron chi connectivity index (χ0n) is 17.8. The number of aromatic amines is 1. The van der Waals surface area contributed by atoms with Crippen molar-refractivity contribution in [1.29, 1.82) is 0 Å². The number of aliphatic hydroxyl groups is 1. The van der Waals surface area contributed by atoms with Crippen LogP contribution >= 0.6 is 11.6 Å². The van der Waals surface area contributed by atoms with Gasteiger partial charge in [0.15, 0.2) is 0 Å². The number of nitrogens with one attached hydrogen (secondary N) is 1. The van der Waals surface area contributed by atoms with E-state index in [1.165, 1.54) is 12.8 Å². The van der Waals surface area contributed by atoms with Crippen LogP contribution < -0.4 is 0 Å². The number of likely N-dealkylation sites (tertiary alicyclic amines) is 1. The maximum Gasteiger partial charge on any atom is 0.140 e. The van der Waals surface area contributed by atoms with E-state index in [0.717, 1.165) is 54.0 Å². The van der Waals surface area contributed by atoms with Gasteiger partial charge in [0.25, 0.3) is 0 Å². The first kappa shape index (κ1) is 20.6. The largest absolute Gasteiger partial charge is 0.378 e. The molecule has 5 nitrogen and oxygen atoms in total. The van der Waals surface area contributed by atoms with Gasteiger partial charge in [0, 0.05) is 47.9 Å². The molecule has 5 rings (SSSR count). The molecule has 0 atom stereocenters. The van der Waals surface area contributed by atoms with Crippen LogP contribution in [0.1, 0.15) is 51.1 Å². The van der Waals surface area contributed by atoms with Crippen molar-refractivity contribution in [2.24, 2.45) is 0 Å². The monoisotopic (exact) mass is 440 g/mol. The van der Waals surface area contributed by atoms with Gasteiger partial charge >= 0.3 is 0 Å². The first-order valence-electron chi connectivity index (χ1n) is 10.8. The van der Waals surface area contributed by atoms with Gasteiger partial charge in [-0.25, -0.2) is 4.39 Å². The second kappa shape index (κ2) is 7.67. The molecule has 0 bridgehead atoms. The van der Waals surface area contributed by atoms with Crippen molar-refractivity contribution in [2.75, 3.05) is 13.1 Å². The molecule has 1 aliphatic carbocycles. The van der Waals surface area contributed by atoms with E-state index in [1.54, 1.807) is 32.2 Å². The van der Waals surface area contributed by atoms with Gasteiger partial charge in [-0.3, -0.25) is 5.10 Å². The van der Waals surface area contributed by atoms with Crippen LogP contribution in [0, 0.1) is 17.7 Å². The van der Waals surface area contributed by atoms with Gasteiger partial charge in [-0.05, 0) is 51.7 Å². The topological polar surface area (TPSA) is 57.1 Å². The molecule has 0 unspecified atom stereocenters. The zero-order valence-corrected chi connectivity index (χ0v) is 18.5. The summed E-state index contributed by atoms with van der Waals surface area (Å²) in [4.78, 5) is 2.58. The molecule has 1 saturated carbocycles. The number of benzene rings is 1. The van der Waals surface area contributed by atoms with Gasteiger partial charge in [0.2, 0.25) is 0 Å². The van der Waals surface area contributed by atoms with Crippen LogP contribution in [0.3, 0.4) is 0 Å². The van der Waals surface area contributed by atoms with E-state index in [4.69, 9.17) is 11.6 Å². The van der Waals surface area contributed by atoms with E-state index in [0.29, 0.717) is 11.2 Å². The summed E-state index contributed by atoms with van der Waals surface area (Å²) in [6, 6.07) is 4.41. The normalized spacial score (nSPS) is 18.4. The Morgan fingerprint density at radius 1 is 1.16 bits per heavy atom. The number of hydrogen-bond donors (Lipinski definition) is 2. The van der Waals surface area contributed by atoms with E-state index >= 15 is 0 Å². The van der Waals surface area contributed by atoms with Gasteiger partial charge < -0.3 is 14.6 Å². The highest BCUT2D eigenvalue weighted by atomic mass is 35.5. The minimum atomic E-state index is -1.19. The van der Waals surface area contributed by atoms with Gasteiger partial charge in [-0.2, -0.15) is 5.10 Å². The van der Waals surface area contributed by atoms with Gasteiger partial charge in [0.05, 0.1) is 17.3 Å². The van der Waals surface area contributed by atoms with Crippen molar-refractivity contribution in [3.63, 3.8) is 0 Å². The predicted molar refractivity (Wildman–Crippen MR) is 121 cm³/mol. The minimum Gasteiger partial charge on any atom is -0.378 e. The molecule has 2 N–H and O–H groups in total. The number of fused-ring (bicyclic) bond motifs is 1. The predicted octanol–water partition coefficient (Wildman–Crippen LogP) is 4.75. The summed E-state index contributed by atoms with van der Waals surface area (Å²) in [7, 11) is 0. The Labute approximate surface area is 186 Å². The molecular formula is C24H26ClFN4O. The Balaban J connectivity index is 1.60. The lowest BCUT2D eigenvalue weighted by Gasteiger charge is -2.33. The third kappa shape index (κ3) is 4.10. The summed E-state index contributed by atoms with van der Waals surface area (Å²) >= 11 is 6.35. The van der Waals surface area contributed by atoms with E-state index in [-0.39, 0.29) is 11.4 Å². The molecular weight excluding hydrogens is 415 g/mol. The van der Waals surface area contributed by atoms with Crippen molar-refractivity contribution < 1.29 is 9.50 Å². The molecule has 1 aromatic carbocycles. The first-order chi connectivity index (χ1) is 14.8. The minimum absolute atomic E-state index is 0.261. The van der Waals surface area contributed by atoms with Gasteiger partial charge in [-0.1, -0.05) is 23.4 Å². The average molecular weight is 441 g/mol. The zero-order chi connectivity index (χ0) is 21.8. The maximum absolute atomic E-state index is 15.0. The lowest BCUT2D eigenvalue weighted by atomic mass is 10.0. The molecule has 0 spiro atoms. The highest BCUT2D eigenvalue weighted by Gasteiger charge is 2.32. The molecule has 0 radical (unpaired) electrons. The third-order valence-corrected chi connectivity index (χ3v) is 6.55. The van der Waals surface area contributed by atoms with Crippen molar-refractivity contribution in [3.8, 4) is 23.0 Å². The lowest BCUT2D eigenvalue weighted by Crippen LogP contribution is -2.35. The number of aromatic nitrogens is 3. The summed E-state index contributed by atoms with van der Waals surface area (Å²) in [6.45, 7) is 5.32. The third-order valence-electron chi connectivity index (χ3n) is 6.26. The molecule has 1 saturated heterocycles. The fraction of sp³-hybridized carbons (Fsp3) is 0.458. The Bertz CT molecular complexity index is 1180. The summed E-state index contributed by atoms with van der Waals surface area (Å²) in [5.74, 6) is 5.12. The maximum atomic E-state index is 15.0. The number of H-pyrrole nitrogens is 1. The van der Waals surface area contributed by atoms with Crippen molar-refractivity contribution in [3.05, 3.63) is 41.1 Å². The van der Waals surface area contributed by atoms with Crippen LogP contribution in [0.2, 0.25) is 5.15 Å². The fourth-order valence-electron chi connectivity index (χ4n) is 4.53. The first-order valence-corrected chi connectivity index (χ1v) is 11.2. The Kier molecular flexibility index (Phi) is 5.09. The fourth-order valence-corrected chi connectivity index (χ4v) is 4.73. The molecule has 2 fully saturated rings. The van der Waals surface area contributed by atoms with E-state index in [9.17, 15) is 9.50 Å². The molecule has 1 aliphatic heterocycles. The molecule has 2 aliphatic rings. The number of halogens is 2. The van der Waals surface area contributed by atoms with Crippen LogP contribution in [-0.4, -0.2) is 49.5 Å². The quantitative estimate of drug-likeness (QED) is 0.578. The van der Waals surface area contributed by atoms with Crippen LogP contribution in [0.4, 0.5) is 4.39 Å². The smallest absolute Gasteiger partial charge is 0.140 e. The summed E-state index contributed by atoms with van der Waals surface area (Å²) in [5.41, 5.74) is 1.60. The number of rotatable bonds is 3. The molecule has 2 aromatic heterocycles. The van der Waals surface area contributed by atoms with E-state index < -0.39 is 5.60 Å². The summed E-state index contributed by atoms with van der Waals surface area (Å²) in [5, 5.41) is 18.1.